The lowest BCUT2D eigenvalue weighted by molar-refractivity contribution is 0.192. The van der Waals surface area contributed by atoms with E-state index in [0.717, 1.165) is 12.0 Å². The Morgan fingerprint density at radius 3 is 2.88 bits per heavy atom. The van der Waals surface area contributed by atoms with Gasteiger partial charge in [0, 0.05) is 18.6 Å². The van der Waals surface area contributed by atoms with E-state index >= 15 is 0 Å². The number of rotatable bonds is 2. The number of fused-ring (bicyclic) bond motifs is 1. The van der Waals surface area contributed by atoms with Crippen LogP contribution in [0.1, 0.15) is 24.9 Å². The van der Waals surface area contributed by atoms with E-state index < -0.39 is 0 Å². The van der Waals surface area contributed by atoms with E-state index in [4.69, 9.17) is 0 Å². The van der Waals surface area contributed by atoms with Crippen LogP contribution in [0.15, 0.2) is 30.3 Å². The van der Waals surface area contributed by atoms with Gasteiger partial charge < -0.3 is 5.32 Å². The van der Waals surface area contributed by atoms with Crippen LogP contribution in [0.4, 0.5) is 0 Å². The van der Waals surface area contributed by atoms with Gasteiger partial charge in [-0.3, -0.25) is 4.90 Å². The molecule has 0 aliphatic carbocycles. The SMILES string of the molecule is C[C@@H](c1ccccc1)N1CC[C@H]2CNC[C@H]21. The van der Waals surface area contributed by atoms with Gasteiger partial charge in [0.05, 0.1) is 0 Å². The van der Waals surface area contributed by atoms with Crippen LogP contribution in [0.5, 0.6) is 0 Å². The van der Waals surface area contributed by atoms with E-state index in [9.17, 15) is 0 Å². The van der Waals surface area contributed by atoms with Crippen LogP contribution in [0.2, 0.25) is 0 Å². The molecule has 2 saturated heterocycles. The zero-order valence-electron chi connectivity index (χ0n) is 9.89. The lowest BCUT2D eigenvalue weighted by Crippen LogP contribution is -2.36. The van der Waals surface area contributed by atoms with Gasteiger partial charge >= 0.3 is 0 Å². The van der Waals surface area contributed by atoms with Crippen molar-refractivity contribution in [3.63, 3.8) is 0 Å². The quantitative estimate of drug-likeness (QED) is 0.814. The maximum atomic E-state index is 3.52. The summed E-state index contributed by atoms with van der Waals surface area (Å²) in [5, 5.41) is 3.52. The Hall–Kier alpha value is -0.860. The molecule has 0 radical (unpaired) electrons. The molecule has 2 heterocycles. The second-order valence-corrected chi connectivity index (χ2v) is 5.10. The number of likely N-dealkylation sites (tertiary alicyclic amines) is 1. The predicted molar refractivity (Wildman–Crippen MR) is 66.3 cm³/mol. The molecule has 1 aromatic rings. The third-order valence-electron chi connectivity index (χ3n) is 4.27. The van der Waals surface area contributed by atoms with Crippen molar-refractivity contribution in [3.8, 4) is 0 Å². The summed E-state index contributed by atoms with van der Waals surface area (Å²) in [5.41, 5.74) is 1.45. The molecule has 1 aromatic carbocycles. The fourth-order valence-corrected chi connectivity index (χ4v) is 3.29. The number of hydrogen-bond donors (Lipinski definition) is 1. The molecule has 16 heavy (non-hydrogen) atoms. The highest BCUT2D eigenvalue weighted by Gasteiger charge is 2.39. The molecule has 2 heteroatoms. The molecule has 2 aliphatic rings. The number of nitrogens with one attached hydrogen (secondary N) is 1. The summed E-state index contributed by atoms with van der Waals surface area (Å²) in [7, 11) is 0. The smallest absolute Gasteiger partial charge is 0.0323 e. The summed E-state index contributed by atoms with van der Waals surface area (Å²) in [5.74, 6) is 0.895. The molecule has 2 fully saturated rings. The monoisotopic (exact) mass is 216 g/mol. The van der Waals surface area contributed by atoms with Crippen LogP contribution in [0.25, 0.3) is 0 Å². The summed E-state index contributed by atoms with van der Waals surface area (Å²) in [6.45, 7) is 6.02. The second kappa shape index (κ2) is 4.19. The molecule has 2 aliphatic heterocycles. The summed E-state index contributed by atoms with van der Waals surface area (Å²) in [6.07, 6.45) is 1.37. The van der Waals surface area contributed by atoms with Crippen molar-refractivity contribution >= 4 is 0 Å². The van der Waals surface area contributed by atoms with E-state index in [-0.39, 0.29) is 0 Å². The maximum absolute atomic E-state index is 3.52. The largest absolute Gasteiger partial charge is 0.315 e. The zero-order chi connectivity index (χ0) is 11.0. The highest BCUT2D eigenvalue weighted by molar-refractivity contribution is 5.19. The second-order valence-electron chi connectivity index (χ2n) is 5.10. The third kappa shape index (κ3) is 1.66. The summed E-state index contributed by atoms with van der Waals surface area (Å²) >= 11 is 0. The lowest BCUT2D eigenvalue weighted by atomic mass is 10.0. The normalized spacial score (nSPS) is 31.6. The van der Waals surface area contributed by atoms with Crippen LogP contribution in [-0.2, 0) is 0 Å². The average Bonchev–Trinajstić information content (AvgIpc) is 2.91. The summed E-state index contributed by atoms with van der Waals surface area (Å²) < 4.78 is 0. The van der Waals surface area contributed by atoms with Crippen LogP contribution < -0.4 is 5.32 Å². The van der Waals surface area contributed by atoms with Gasteiger partial charge in [0.15, 0.2) is 0 Å². The van der Waals surface area contributed by atoms with Gasteiger partial charge in [0.25, 0.3) is 0 Å². The molecular weight excluding hydrogens is 196 g/mol. The molecule has 3 rings (SSSR count). The molecule has 0 unspecified atom stereocenters. The van der Waals surface area contributed by atoms with Gasteiger partial charge in [-0.15, -0.1) is 0 Å². The molecule has 0 saturated carbocycles. The van der Waals surface area contributed by atoms with Crippen LogP contribution >= 0.6 is 0 Å². The van der Waals surface area contributed by atoms with Crippen molar-refractivity contribution in [1.82, 2.24) is 10.2 Å². The number of nitrogens with zero attached hydrogens (tertiary/aromatic N) is 1. The lowest BCUT2D eigenvalue weighted by Gasteiger charge is -2.30. The minimum atomic E-state index is 0.566. The summed E-state index contributed by atoms with van der Waals surface area (Å²) in [4.78, 5) is 2.68. The molecule has 2 nitrogen and oxygen atoms in total. The van der Waals surface area contributed by atoms with E-state index in [1.807, 2.05) is 0 Å². The van der Waals surface area contributed by atoms with Crippen molar-refractivity contribution < 1.29 is 0 Å². The Morgan fingerprint density at radius 1 is 1.25 bits per heavy atom. The van der Waals surface area contributed by atoms with Gasteiger partial charge in [0.2, 0.25) is 0 Å². The van der Waals surface area contributed by atoms with Gasteiger partial charge in [-0.2, -0.15) is 0 Å². The molecule has 0 aromatic heterocycles. The predicted octanol–water partition coefficient (Wildman–Crippen LogP) is 2.04. The van der Waals surface area contributed by atoms with Crippen LogP contribution in [0.3, 0.4) is 0 Å². The first-order valence-corrected chi connectivity index (χ1v) is 6.37. The molecule has 0 amide bonds. The first-order chi connectivity index (χ1) is 7.86. The van der Waals surface area contributed by atoms with E-state index in [2.05, 4.69) is 47.5 Å². The Kier molecular flexibility index (Phi) is 2.70. The molecule has 86 valence electrons. The Bertz CT molecular complexity index is 349. The van der Waals surface area contributed by atoms with Crippen molar-refractivity contribution in [3.05, 3.63) is 35.9 Å². The fraction of sp³-hybridized carbons (Fsp3) is 0.571. The minimum Gasteiger partial charge on any atom is -0.315 e. The number of hydrogen-bond acceptors (Lipinski definition) is 2. The van der Waals surface area contributed by atoms with E-state index in [1.165, 1.54) is 31.6 Å². The van der Waals surface area contributed by atoms with Crippen LogP contribution in [0, 0.1) is 5.92 Å². The highest BCUT2D eigenvalue weighted by atomic mass is 15.2. The highest BCUT2D eigenvalue weighted by Crippen LogP contribution is 2.34. The van der Waals surface area contributed by atoms with Crippen molar-refractivity contribution in [2.75, 3.05) is 19.6 Å². The third-order valence-corrected chi connectivity index (χ3v) is 4.27. The Balaban J connectivity index is 1.78. The van der Waals surface area contributed by atoms with E-state index in [1.54, 1.807) is 0 Å². The standard InChI is InChI=1S/C14H20N2/c1-11(12-5-3-2-4-6-12)16-8-7-13-9-15-10-14(13)16/h2-6,11,13-15H,7-10H2,1H3/t11-,13-,14+/m0/s1. The fourth-order valence-electron chi connectivity index (χ4n) is 3.29. The van der Waals surface area contributed by atoms with E-state index in [0.29, 0.717) is 6.04 Å². The molecule has 3 atom stereocenters. The first-order valence-electron chi connectivity index (χ1n) is 6.37. The van der Waals surface area contributed by atoms with Crippen molar-refractivity contribution in [2.45, 2.75) is 25.4 Å². The Labute approximate surface area is 97.6 Å². The zero-order valence-corrected chi connectivity index (χ0v) is 9.89. The van der Waals surface area contributed by atoms with Gasteiger partial charge in [-0.1, -0.05) is 30.3 Å². The molecule has 0 bridgehead atoms. The molecule has 1 N–H and O–H groups in total. The topological polar surface area (TPSA) is 15.3 Å². The minimum absolute atomic E-state index is 0.566. The van der Waals surface area contributed by atoms with Crippen molar-refractivity contribution in [1.29, 1.82) is 0 Å². The summed E-state index contributed by atoms with van der Waals surface area (Å²) in [6, 6.07) is 12.2. The Morgan fingerprint density at radius 2 is 2.06 bits per heavy atom. The molecule has 0 spiro atoms. The number of benzene rings is 1. The van der Waals surface area contributed by atoms with Gasteiger partial charge in [-0.25, -0.2) is 0 Å². The van der Waals surface area contributed by atoms with Gasteiger partial charge in [-0.05, 0) is 37.9 Å². The maximum Gasteiger partial charge on any atom is 0.0323 e. The van der Waals surface area contributed by atoms with Crippen LogP contribution in [-0.4, -0.2) is 30.6 Å². The first kappa shape index (κ1) is 10.3. The molecular formula is C14H20N2. The van der Waals surface area contributed by atoms with Crippen molar-refractivity contribution in [2.24, 2.45) is 5.92 Å². The van der Waals surface area contributed by atoms with Gasteiger partial charge in [0.1, 0.15) is 0 Å². The average molecular weight is 216 g/mol.